The molecule has 1 fully saturated rings. The third kappa shape index (κ3) is 1.54. The first kappa shape index (κ1) is 8.26. The zero-order chi connectivity index (χ0) is 8.39. The molecule has 2 heterocycles. The number of fused-ring (bicyclic) bond motifs is 1. The molecule has 0 radical (unpaired) electrons. The number of thioether (sulfide) groups is 1. The summed E-state index contributed by atoms with van der Waals surface area (Å²) in [6.45, 7) is 2.32. The number of aliphatic hydroxyl groups excluding tert-OH is 1. The van der Waals surface area contributed by atoms with Crippen LogP contribution in [0.3, 0.4) is 0 Å². The Labute approximate surface area is 76.8 Å². The van der Waals surface area contributed by atoms with Gasteiger partial charge in [0.15, 0.2) is 0 Å². The van der Waals surface area contributed by atoms with E-state index in [-0.39, 0.29) is 12.6 Å². The fourth-order valence-corrected chi connectivity index (χ4v) is 2.54. The summed E-state index contributed by atoms with van der Waals surface area (Å²) in [5.41, 5.74) is 1.39. The molecule has 4 heteroatoms. The van der Waals surface area contributed by atoms with E-state index in [0.717, 1.165) is 18.8 Å². The predicted octanol–water partition coefficient (Wildman–Crippen LogP) is -0.159. The third-order valence-electron chi connectivity index (χ3n) is 2.31. The number of hydrogen-bond donors (Lipinski definition) is 2. The van der Waals surface area contributed by atoms with Gasteiger partial charge in [0.25, 0.3) is 0 Å². The molecule has 0 bridgehead atoms. The van der Waals surface area contributed by atoms with Gasteiger partial charge >= 0.3 is 0 Å². The Balaban J connectivity index is 2.02. The molecular formula is C8H14N2OS. The minimum absolute atomic E-state index is 0.230. The van der Waals surface area contributed by atoms with Gasteiger partial charge in [-0.3, -0.25) is 0 Å². The van der Waals surface area contributed by atoms with Gasteiger partial charge in [-0.2, -0.15) is 11.8 Å². The molecule has 1 atom stereocenters. The lowest BCUT2D eigenvalue weighted by atomic mass is 10.2. The van der Waals surface area contributed by atoms with Crippen LogP contribution in [0.1, 0.15) is 0 Å². The predicted molar refractivity (Wildman–Crippen MR) is 51.0 cm³/mol. The van der Waals surface area contributed by atoms with Gasteiger partial charge < -0.3 is 15.3 Å². The van der Waals surface area contributed by atoms with Gasteiger partial charge in [-0.15, -0.1) is 0 Å². The van der Waals surface area contributed by atoms with E-state index >= 15 is 0 Å². The molecule has 2 aliphatic heterocycles. The van der Waals surface area contributed by atoms with Crippen LogP contribution in [-0.4, -0.2) is 47.3 Å². The van der Waals surface area contributed by atoms with Gasteiger partial charge in [0, 0.05) is 36.5 Å². The Morgan fingerprint density at radius 1 is 1.75 bits per heavy atom. The fourth-order valence-electron chi connectivity index (χ4n) is 1.57. The van der Waals surface area contributed by atoms with Crippen molar-refractivity contribution < 1.29 is 5.11 Å². The monoisotopic (exact) mass is 186 g/mol. The van der Waals surface area contributed by atoms with E-state index in [1.165, 1.54) is 11.4 Å². The average Bonchev–Trinajstić information content (AvgIpc) is 2.17. The van der Waals surface area contributed by atoms with E-state index in [2.05, 4.69) is 16.4 Å². The summed E-state index contributed by atoms with van der Waals surface area (Å²) in [6.07, 6.45) is 2.05. The first-order valence-electron chi connectivity index (χ1n) is 4.29. The molecule has 0 unspecified atom stereocenters. The molecule has 2 aliphatic rings. The minimum Gasteiger partial charge on any atom is -0.394 e. The van der Waals surface area contributed by atoms with Crippen LogP contribution in [0.5, 0.6) is 0 Å². The van der Waals surface area contributed by atoms with Crippen molar-refractivity contribution in [3.8, 4) is 0 Å². The lowest BCUT2D eigenvalue weighted by Gasteiger charge is -2.37. The number of hydrogen-bond acceptors (Lipinski definition) is 4. The van der Waals surface area contributed by atoms with E-state index < -0.39 is 0 Å². The van der Waals surface area contributed by atoms with Gasteiger partial charge in [-0.25, -0.2) is 0 Å². The van der Waals surface area contributed by atoms with Crippen LogP contribution in [0.25, 0.3) is 0 Å². The lowest BCUT2D eigenvalue weighted by Crippen LogP contribution is -2.48. The summed E-state index contributed by atoms with van der Waals surface area (Å²) in [4.78, 5) is 2.37. The fraction of sp³-hybridized carbons (Fsp3) is 0.750. The highest BCUT2D eigenvalue weighted by Gasteiger charge is 2.22. The highest BCUT2D eigenvalue weighted by molar-refractivity contribution is 7.99. The van der Waals surface area contributed by atoms with Crippen molar-refractivity contribution in [2.24, 2.45) is 0 Å². The topological polar surface area (TPSA) is 35.5 Å². The smallest absolute Gasteiger partial charge is 0.0662 e. The van der Waals surface area contributed by atoms with Gasteiger partial charge in [0.05, 0.1) is 12.6 Å². The van der Waals surface area contributed by atoms with Gasteiger partial charge in [-0.1, -0.05) is 0 Å². The maximum Gasteiger partial charge on any atom is 0.0662 e. The number of rotatable bonds is 1. The van der Waals surface area contributed by atoms with Crippen LogP contribution in [0.15, 0.2) is 11.9 Å². The Bertz CT molecular complexity index is 195. The Kier molecular flexibility index (Phi) is 2.46. The molecule has 3 nitrogen and oxygen atoms in total. The molecule has 0 amide bonds. The first-order valence-corrected chi connectivity index (χ1v) is 5.44. The Morgan fingerprint density at radius 2 is 2.67 bits per heavy atom. The minimum atomic E-state index is 0.230. The molecule has 0 aromatic carbocycles. The van der Waals surface area contributed by atoms with E-state index in [1.807, 2.05) is 11.8 Å². The van der Waals surface area contributed by atoms with E-state index in [1.54, 1.807) is 0 Å². The molecule has 0 aromatic heterocycles. The van der Waals surface area contributed by atoms with Crippen molar-refractivity contribution in [3.05, 3.63) is 11.9 Å². The molecule has 2 N–H and O–H groups in total. The summed E-state index contributed by atoms with van der Waals surface area (Å²) in [5, 5.41) is 12.2. The van der Waals surface area contributed by atoms with Crippen molar-refractivity contribution in [2.75, 3.05) is 31.2 Å². The van der Waals surface area contributed by atoms with Crippen molar-refractivity contribution >= 4 is 11.8 Å². The van der Waals surface area contributed by atoms with Gasteiger partial charge in [-0.05, 0) is 0 Å². The van der Waals surface area contributed by atoms with Gasteiger partial charge in [0.2, 0.25) is 0 Å². The van der Waals surface area contributed by atoms with Crippen LogP contribution in [0.4, 0.5) is 0 Å². The summed E-state index contributed by atoms with van der Waals surface area (Å²) >= 11 is 1.98. The SMILES string of the molecule is OC[C@@H]1CN2CCSCC2=CN1. The van der Waals surface area contributed by atoms with Crippen LogP contribution >= 0.6 is 11.8 Å². The number of aliphatic hydroxyl groups is 1. The average molecular weight is 186 g/mol. The third-order valence-corrected chi connectivity index (χ3v) is 3.28. The van der Waals surface area contributed by atoms with E-state index in [4.69, 9.17) is 5.11 Å². The van der Waals surface area contributed by atoms with Crippen LogP contribution < -0.4 is 5.32 Å². The standard InChI is InChI=1S/C8H14N2OS/c11-5-7-4-10-1-2-12-6-8(10)3-9-7/h3,7,9,11H,1-2,4-6H2/t7-/m0/s1. The zero-order valence-corrected chi connectivity index (χ0v) is 7.81. The highest BCUT2D eigenvalue weighted by Crippen LogP contribution is 2.21. The van der Waals surface area contributed by atoms with E-state index in [0.29, 0.717) is 0 Å². The van der Waals surface area contributed by atoms with E-state index in [9.17, 15) is 0 Å². The molecule has 1 saturated heterocycles. The largest absolute Gasteiger partial charge is 0.394 e. The summed E-state index contributed by atoms with van der Waals surface area (Å²) in [6, 6.07) is 0.233. The summed E-state index contributed by atoms with van der Waals surface area (Å²) < 4.78 is 0. The molecule has 12 heavy (non-hydrogen) atoms. The van der Waals surface area contributed by atoms with Crippen LogP contribution in [-0.2, 0) is 0 Å². The van der Waals surface area contributed by atoms with Crippen LogP contribution in [0, 0.1) is 0 Å². The second-order valence-corrected chi connectivity index (χ2v) is 4.29. The number of nitrogens with zero attached hydrogens (tertiary/aromatic N) is 1. The molecule has 2 rings (SSSR count). The molecule has 68 valence electrons. The normalized spacial score (nSPS) is 28.9. The first-order chi connectivity index (χ1) is 5.90. The Morgan fingerprint density at radius 3 is 3.50 bits per heavy atom. The summed E-state index contributed by atoms with van der Waals surface area (Å²) in [5.74, 6) is 2.33. The number of nitrogens with one attached hydrogen (secondary N) is 1. The second-order valence-electron chi connectivity index (χ2n) is 3.18. The molecule has 0 spiro atoms. The maximum absolute atomic E-state index is 8.96. The molecule has 0 aliphatic carbocycles. The maximum atomic E-state index is 8.96. The van der Waals surface area contributed by atoms with Crippen molar-refractivity contribution in [2.45, 2.75) is 6.04 Å². The lowest BCUT2D eigenvalue weighted by molar-refractivity contribution is 0.201. The zero-order valence-electron chi connectivity index (χ0n) is 6.99. The van der Waals surface area contributed by atoms with Crippen molar-refractivity contribution in [1.82, 2.24) is 10.2 Å². The second kappa shape index (κ2) is 3.58. The van der Waals surface area contributed by atoms with Crippen LogP contribution in [0.2, 0.25) is 0 Å². The highest BCUT2D eigenvalue weighted by atomic mass is 32.2. The quantitative estimate of drug-likeness (QED) is 0.596. The molecular weight excluding hydrogens is 172 g/mol. The molecule has 0 saturated carbocycles. The molecule has 0 aromatic rings. The Hall–Kier alpha value is -0.350. The van der Waals surface area contributed by atoms with Crippen molar-refractivity contribution in [3.63, 3.8) is 0 Å². The summed E-state index contributed by atoms with van der Waals surface area (Å²) in [7, 11) is 0. The van der Waals surface area contributed by atoms with Gasteiger partial charge in [0.1, 0.15) is 0 Å². The van der Waals surface area contributed by atoms with Crippen molar-refractivity contribution in [1.29, 1.82) is 0 Å².